The molecule has 0 saturated carbocycles. The molecule has 0 heterocycles. The highest BCUT2D eigenvalue weighted by atomic mass is 32.2. The van der Waals surface area contributed by atoms with Gasteiger partial charge in [-0.1, -0.05) is 91.3 Å². The molecule has 0 aliphatic carbocycles. The molecule has 0 aliphatic rings. The van der Waals surface area contributed by atoms with Gasteiger partial charge in [0.2, 0.25) is 5.91 Å². The van der Waals surface area contributed by atoms with E-state index in [1.165, 1.54) is 25.7 Å². The summed E-state index contributed by atoms with van der Waals surface area (Å²) in [7, 11) is -4.20. The van der Waals surface area contributed by atoms with E-state index < -0.39 is 16.2 Å². The number of amides is 1. The van der Waals surface area contributed by atoms with Crippen molar-refractivity contribution < 1.29 is 17.4 Å². The van der Waals surface area contributed by atoms with E-state index in [0.717, 1.165) is 24.0 Å². The van der Waals surface area contributed by atoms with Crippen molar-refractivity contribution in [3.05, 3.63) is 29.3 Å². The van der Waals surface area contributed by atoms with Gasteiger partial charge in [0.05, 0.1) is 0 Å². The van der Waals surface area contributed by atoms with Crippen LogP contribution in [-0.2, 0) is 15.1 Å². The van der Waals surface area contributed by atoms with Crippen LogP contribution in [0.3, 0.4) is 0 Å². The van der Waals surface area contributed by atoms with Crippen molar-refractivity contribution in [3.63, 3.8) is 0 Å². The molecule has 1 amide bonds. The molecule has 0 radical (unpaired) electrons. The molecular weight excluding hydrogens is 374 g/mol. The average molecular weight is 412 g/mol. The summed E-state index contributed by atoms with van der Waals surface area (Å²) in [6, 6.07) is 5.63. The summed E-state index contributed by atoms with van der Waals surface area (Å²) in [5, 5.41) is 0. The molecule has 1 N–H and O–H groups in total. The van der Waals surface area contributed by atoms with E-state index in [0.29, 0.717) is 12.2 Å². The van der Waals surface area contributed by atoms with E-state index in [1.54, 1.807) is 0 Å². The van der Waals surface area contributed by atoms with Crippen molar-refractivity contribution in [1.82, 2.24) is 4.72 Å². The number of hydrogen-bond donors (Lipinski definition) is 1. The van der Waals surface area contributed by atoms with Crippen molar-refractivity contribution in [2.45, 2.75) is 97.8 Å². The van der Waals surface area contributed by atoms with Crippen molar-refractivity contribution in [2.75, 3.05) is 0 Å². The Morgan fingerprint density at radius 1 is 0.929 bits per heavy atom. The first-order valence-electron chi connectivity index (χ1n) is 10.6. The number of rotatable bonds is 13. The quantitative estimate of drug-likeness (QED) is 0.415. The average Bonchev–Trinajstić information content (AvgIpc) is 2.59. The van der Waals surface area contributed by atoms with Crippen LogP contribution in [-0.4, -0.2) is 14.3 Å². The van der Waals surface area contributed by atoms with Crippen molar-refractivity contribution in [3.8, 4) is 5.75 Å². The predicted octanol–water partition coefficient (Wildman–Crippen LogP) is 5.81. The normalized spacial score (nSPS) is 11.8. The van der Waals surface area contributed by atoms with Crippen LogP contribution in [0.5, 0.6) is 5.75 Å². The van der Waals surface area contributed by atoms with Crippen LogP contribution in [0.4, 0.5) is 0 Å². The van der Waals surface area contributed by atoms with E-state index in [4.69, 9.17) is 4.18 Å². The first-order chi connectivity index (χ1) is 13.2. The molecule has 0 atom stereocenters. The molecule has 0 fully saturated rings. The highest BCUT2D eigenvalue weighted by Crippen LogP contribution is 2.35. The molecule has 0 bridgehead atoms. The standard InChI is InChI=1S/C22H37NO4S/c1-6-7-8-9-10-11-12-16-21(24)23-28(25,26)27-22-19(17(2)3)14-13-15-20(22)18(4)5/h13-15,17-18H,6-12,16H2,1-5H3,(H,23,24). The zero-order chi connectivity index (χ0) is 21.2. The SMILES string of the molecule is CCCCCCCCCC(=O)NS(=O)(=O)Oc1c(C(C)C)cccc1C(C)C. The molecule has 0 spiro atoms. The Labute approximate surface area is 171 Å². The minimum atomic E-state index is -4.20. The van der Waals surface area contributed by atoms with Crippen LogP contribution < -0.4 is 8.91 Å². The zero-order valence-corrected chi connectivity index (χ0v) is 18.9. The second kappa shape index (κ2) is 12.1. The molecular formula is C22H37NO4S. The molecule has 160 valence electrons. The highest BCUT2D eigenvalue weighted by Gasteiger charge is 2.23. The van der Waals surface area contributed by atoms with Crippen LogP contribution in [0.2, 0.25) is 0 Å². The first-order valence-corrected chi connectivity index (χ1v) is 12.0. The lowest BCUT2D eigenvalue weighted by Gasteiger charge is -2.19. The second-order valence-electron chi connectivity index (χ2n) is 8.01. The number of para-hydroxylation sites is 1. The maximum Gasteiger partial charge on any atom is 0.409 e. The third-order valence-electron chi connectivity index (χ3n) is 4.76. The third kappa shape index (κ3) is 8.63. The largest absolute Gasteiger partial charge is 0.409 e. The molecule has 1 aromatic rings. The van der Waals surface area contributed by atoms with Crippen LogP contribution >= 0.6 is 0 Å². The second-order valence-corrected chi connectivity index (χ2v) is 9.29. The Bertz CT molecular complexity index is 685. The van der Waals surface area contributed by atoms with Crippen molar-refractivity contribution in [1.29, 1.82) is 0 Å². The van der Waals surface area contributed by atoms with Crippen LogP contribution in [0.1, 0.15) is 109 Å². The summed E-state index contributed by atoms with van der Waals surface area (Å²) >= 11 is 0. The molecule has 0 unspecified atom stereocenters. The van der Waals surface area contributed by atoms with Gasteiger partial charge in [-0.05, 0) is 29.4 Å². The summed E-state index contributed by atoms with van der Waals surface area (Å²) in [4.78, 5) is 12.1. The topological polar surface area (TPSA) is 72.5 Å². The number of nitrogens with one attached hydrogen (secondary N) is 1. The summed E-state index contributed by atoms with van der Waals surface area (Å²) in [6.45, 7) is 10.1. The molecule has 1 rings (SSSR count). The lowest BCUT2D eigenvalue weighted by atomic mass is 9.94. The highest BCUT2D eigenvalue weighted by molar-refractivity contribution is 7.85. The van der Waals surface area contributed by atoms with Crippen molar-refractivity contribution in [2.24, 2.45) is 0 Å². The van der Waals surface area contributed by atoms with Gasteiger partial charge >= 0.3 is 10.3 Å². The van der Waals surface area contributed by atoms with Gasteiger partial charge in [-0.3, -0.25) is 4.79 Å². The molecule has 5 nitrogen and oxygen atoms in total. The Hall–Kier alpha value is -1.56. The van der Waals surface area contributed by atoms with Crippen molar-refractivity contribution >= 4 is 16.2 Å². The van der Waals surface area contributed by atoms with Gasteiger partial charge in [-0.2, -0.15) is 8.42 Å². The maximum atomic E-state index is 12.4. The minimum absolute atomic E-state index is 0.104. The maximum absolute atomic E-state index is 12.4. The van der Waals surface area contributed by atoms with E-state index in [-0.39, 0.29) is 18.3 Å². The van der Waals surface area contributed by atoms with Gasteiger partial charge in [-0.15, -0.1) is 0 Å². The number of carbonyl (C=O) groups excluding carboxylic acids is 1. The summed E-state index contributed by atoms with van der Waals surface area (Å²) in [5.41, 5.74) is 1.63. The Morgan fingerprint density at radius 2 is 1.43 bits per heavy atom. The number of carbonyl (C=O) groups is 1. The molecule has 1 aromatic carbocycles. The summed E-state index contributed by atoms with van der Waals surface area (Å²) < 4.78 is 32.3. The Kier molecular flexibility index (Phi) is 10.6. The lowest BCUT2D eigenvalue weighted by molar-refractivity contribution is -0.119. The van der Waals surface area contributed by atoms with E-state index >= 15 is 0 Å². The smallest absolute Gasteiger partial charge is 0.366 e. The lowest BCUT2D eigenvalue weighted by Crippen LogP contribution is -2.34. The van der Waals surface area contributed by atoms with E-state index in [9.17, 15) is 13.2 Å². The van der Waals surface area contributed by atoms with Gasteiger partial charge in [0.25, 0.3) is 0 Å². The van der Waals surface area contributed by atoms with Crippen LogP contribution in [0.25, 0.3) is 0 Å². The number of hydrogen-bond acceptors (Lipinski definition) is 4. The molecule has 6 heteroatoms. The van der Waals surface area contributed by atoms with E-state index in [1.807, 2.05) is 45.9 Å². The van der Waals surface area contributed by atoms with Crippen LogP contribution in [0.15, 0.2) is 18.2 Å². The zero-order valence-electron chi connectivity index (χ0n) is 18.1. The Balaban J connectivity index is 2.66. The minimum Gasteiger partial charge on any atom is -0.366 e. The fraction of sp³-hybridized carbons (Fsp3) is 0.682. The molecule has 28 heavy (non-hydrogen) atoms. The summed E-state index contributed by atoms with van der Waals surface area (Å²) in [6.07, 6.45) is 7.73. The van der Waals surface area contributed by atoms with Crippen LogP contribution in [0, 0.1) is 0 Å². The Morgan fingerprint density at radius 3 is 1.93 bits per heavy atom. The number of benzene rings is 1. The van der Waals surface area contributed by atoms with Gasteiger partial charge in [0.15, 0.2) is 5.75 Å². The van der Waals surface area contributed by atoms with Gasteiger partial charge in [0, 0.05) is 6.42 Å². The third-order valence-corrected chi connectivity index (χ3v) is 5.62. The van der Waals surface area contributed by atoms with E-state index in [2.05, 4.69) is 11.6 Å². The molecule has 0 saturated heterocycles. The summed E-state index contributed by atoms with van der Waals surface area (Å²) in [5.74, 6) is 0.0324. The van der Waals surface area contributed by atoms with Gasteiger partial charge in [0.1, 0.15) is 0 Å². The first kappa shape index (κ1) is 24.5. The van der Waals surface area contributed by atoms with Gasteiger partial charge in [-0.25, -0.2) is 4.72 Å². The monoisotopic (exact) mass is 411 g/mol. The molecule has 0 aromatic heterocycles. The predicted molar refractivity (Wildman–Crippen MR) is 115 cm³/mol. The van der Waals surface area contributed by atoms with Gasteiger partial charge < -0.3 is 4.18 Å². The molecule has 0 aliphatic heterocycles. The fourth-order valence-electron chi connectivity index (χ4n) is 3.14. The fourth-order valence-corrected chi connectivity index (χ4v) is 3.98. The number of unbranched alkanes of at least 4 members (excludes halogenated alkanes) is 6.